The molecule has 0 aliphatic carbocycles. The van der Waals surface area contributed by atoms with Gasteiger partial charge in [0.25, 0.3) is 0 Å². The fourth-order valence-electron chi connectivity index (χ4n) is 2.58. The summed E-state index contributed by atoms with van der Waals surface area (Å²) in [5, 5.41) is 12.5. The zero-order valence-corrected chi connectivity index (χ0v) is 13.2. The van der Waals surface area contributed by atoms with Crippen molar-refractivity contribution in [2.24, 2.45) is 0 Å². The summed E-state index contributed by atoms with van der Waals surface area (Å²) in [6.07, 6.45) is 0. The largest absolute Gasteiger partial charge is 0.306 e. The summed E-state index contributed by atoms with van der Waals surface area (Å²) in [6, 6.07) is 14.7. The van der Waals surface area contributed by atoms with Crippen LogP contribution < -0.4 is 5.32 Å². The molecule has 0 spiro atoms. The molecule has 2 rings (SSSR count). The van der Waals surface area contributed by atoms with Gasteiger partial charge in [-0.3, -0.25) is 0 Å². The first-order chi connectivity index (χ1) is 10.0. The molecule has 0 saturated carbocycles. The van der Waals surface area contributed by atoms with Gasteiger partial charge in [0.1, 0.15) is 0 Å². The van der Waals surface area contributed by atoms with Crippen molar-refractivity contribution in [2.45, 2.75) is 40.3 Å². The summed E-state index contributed by atoms with van der Waals surface area (Å²) in [4.78, 5) is 0. The molecular weight excluding hydrogens is 256 g/mol. The predicted molar refractivity (Wildman–Crippen MR) is 87.1 cm³/mol. The average molecular weight is 278 g/mol. The minimum absolute atomic E-state index is 0.287. The first kappa shape index (κ1) is 15.3. The van der Waals surface area contributed by atoms with Crippen molar-refractivity contribution in [3.63, 3.8) is 0 Å². The highest BCUT2D eigenvalue weighted by atomic mass is 14.9. The van der Waals surface area contributed by atoms with E-state index in [2.05, 4.69) is 51.2 Å². The molecule has 108 valence electrons. The van der Waals surface area contributed by atoms with E-state index in [-0.39, 0.29) is 6.04 Å². The molecule has 2 aromatic rings. The van der Waals surface area contributed by atoms with Gasteiger partial charge in [0.2, 0.25) is 0 Å². The van der Waals surface area contributed by atoms with E-state index in [0.29, 0.717) is 5.56 Å². The Morgan fingerprint density at radius 1 is 1.05 bits per heavy atom. The molecule has 0 radical (unpaired) electrons. The third-order valence-electron chi connectivity index (χ3n) is 4.02. The number of nitriles is 1. The number of nitrogens with zero attached hydrogens (tertiary/aromatic N) is 1. The van der Waals surface area contributed by atoms with Gasteiger partial charge in [0.05, 0.1) is 11.6 Å². The van der Waals surface area contributed by atoms with Crippen LogP contribution in [0.5, 0.6) is 0 Å². The smallest absolute Gasteiger partial charge is 0.0991 e. The molecule has 0 bridgehead atoms. The zero-order valence-electron chi connectivity index (χ0n) is 13.2. The van der Waals surface area contributed by atoms with E-state index in [1.165, 1.54) is 22.3 Å². The third-order valence-corrected chi connectivity index (χ3v) is 4.02. The lowest BCUT2D eigenvalue weighted by atomic mass is 9.96. The standard InChI is InChI=1S/C19H22N2/c1-13-8-15(3)19(9-14(13)2)16(4)21-12-18-7-5-6-17(10-18)11-20/h5-10,16,21H,12H2,1-4H3. The highest BCUT2D eigenvalue weighted by molar-refractivity contribution is 5.38. The minimum atomic E-state index is 0.287. The fourth-order valence-corrected chi connectivity index (χ4v) is 2.58. The second kappa shape index (κ2) is 6.56. The minimum Gasteiger partial charge on any atom is -0.306 e. The molecule has 0 heterocycles. The Balaban J connectivity index is 2.10. The summed E-state index contributed by atoms with van der Waals surface area (Å²) >= 11 is 0. The Hall–Kier alpha value is -2.11. The van der Waals surface area contributed by atoms with Gasteiger partial charge in [-0.1, -0.05) is 24.3 Å². The van der Waals surface area contributed by atoms with Crippen molar-refractivity contribution >= 4 is 0 Å². The van der Waals surface area contributed by atoms with Gasteiger partial charge < -0.3 is 5.32 Å². The van der Waals surface area contributed by atoms with Gasteiger partial charge in [-0.25, -0.2) is 0 Å². The second-order valence-electron chi connectivity index (χ2n) is 5.71. The molecule has 2 aromatic carbocycles. The molecular formula is C19H22N2. The van der Waals surface area contributed by atoms with Gasteiger partial charge in [-0.05, 0) is 67.6 Å². The van der Waals surface area contributed by atoms with Crippen LogP contribution in [-0.2, 0) is 6.54 Å². The summed E-state index contributed by atoms with van der Waals surface area (Å²) in [7, 11) is 0. The molecule has 1 unspecified atom stereocenters. The number of nitrogens with one attached hydrogen (secondary N) is 1. The van der Waals surface area contributed by atoms with Crippen molar-refractivity contribution in [1.29, 1.82) is 5.26 Å². The van der Waals surface area contributed by atoms with Crippen molar-refractivity contribution in [3.8, 4) is 6.07 Å². The number of rotatable bonds is 4. The fraction of sp³-hybridized carbons (Fsp3) is 0.316. The first-order valence-corrected chi connectivity index (χ1v) is 7.31. The van der Waals surface area contributed by atoms with Crippen LogP contribution in [0.4, 0.5) is 0 Å². The normalized spacial score (nSPS) is 12.0. The van der Waals surface area contributed by atoms with E-state index in [1.807, 2.05) is 24.3 Å². The van der Waals surface area contributed by atoms with E-state index in [4.69, 9.17) is 5.26 Å². The Labute approximate surface area is 127 Å². The molecule has 2 heteroatoms. The summed E-state index contributed by atoms with van der Waals surface area (Å²) in [5.74, 6) is 0. The molecule has 1 atom stereocenters. The van der Waals surface area contributed by atoms with E-state index in [9.17, 15) is 0 Å². The maximum atomic E-state index is 8.94. The Bertz CT molecular complexity index is 680. The molecule has 0 aliphatic heterocycles. The first-order valence-electron chi connectivity index (χ1n) is 7.31. The Kier molecular flexibility index (Phi) is 4.77. The Morgan fingerprint density at radius 2 is 1.76 bits per heavy atom. The van der Waals surface area contributed by atoms with Gasteiger partial charge >= 0.3 is 0 Å². The van der Waals surface area contributed by atoms with E-state index in [0.717, 1.165) is 12.1 Å². The molecule has 0 fully saturated rings. The molecule has 2 nitrogen and oxygen atoms in total. The molecule has 0 saturated heterocycles. The highest BCUT2D eigenvalue weighted by Gasteiger charge is 2.09. The van der Waals surface area contributed by atoms with Crippen molar-refractivity contribution in [2.75, 3.05) is 0 Å². The van der Waals surface area contributed by atoms with Crippen LogP contribution in [0.25, 0.3) is 0 Å². The third kappa shape index (κ3) is 3.71. The van der Waals surface area contributed by atoms with Crippen LogP contribution in [0.15, 0.2) is 36.4 Å². The highest BCUT2D eigenvalue weighted by Crippen LogP contribution is 2.22. The lowest BCUT2D eigenvalue weighted by molar-refractivity contribution is 0.571. The van der Waals surface area contributed by atoms with Crippen LogP contribution in [0.2, 0.25) is 0 Å². The van der Waals surface area contributed by atoms with Crippen LogP contribution >= 0.6 is 0 Å². The quantitative estimate of drug-likeness (QED) is 0.903. The second-order valence-corrected chi connectivity index (χ2v) is 5.71. The van der Waals surface area contributed by atoms with Gasteiger partial charge in [-0.2, -0.15) is 5.26 Å². The van der Waals surface area contributed by atoms with Crippen LogP contribution in [0.3, 0.4) is 0 Å². The van der Waals surface area contributed by atoms with Gasteiger partial charge in [-0.15, -0.1) is 0 Å². The predicted octanol–water partition coefficient (Wildman–Crippen LogP) is 4.33. The number of hydrogen-bond donors (Lipinski definition) is 1. The number of benzene rings is 2. The van der Waals surface area contributed by atoms with Gasteiger partial charge in [0, 0.05) is 12.6 Å². The average Bonchev–Trinajstić information content (AvgIpc) is 2.48. The van der Waals surface area contributed by atoms with Crippen molar-refractivity contribution < 1.29 is 0 Å². The van der Waals surface area contributed by atoms with E-state index in [1.54, 1.807) is 0 Å². The van der Waals surface area contributed by atoms with Crippen molar-refractivity contribution in [3.05, 3.63) is 69.8 Å². The lowest BCUT2D eigenvalue weighted by Gasteiger charge is -2.18. The number of hydrogen-bond acceptors (Lipinski definition) is 2. The van der Waals surface area contributed by atoms with Gasteiger partial charge in [0.15, 0.2) is 0 Å². The number of aryl methyl sites for hydroxylation is 3. The molecule has 0 aromatic heterocycles. The molecule has 1 N–H and O–H groups in total. The maximum Gasteiger partial charge on any atom is 0.0991 e. The topological polar surface area (TPSA) is 35.8 Å². The summed E-state index contributed by atoms with van der Waals surface area (Å²) in [6.45, 7) is 9.42. The van der Waals surface area contributed by atoms with Crippen molar-refractivity contribution in [1.82, 2.24) is 5.32 Å². The SMILES string of the molecule is Cc1cc(C)c(C(C)NCc2cccc(C#N)c2)cc1C. The maximum absolute atomic E-state index is 8.94. The zero-order chi connectivity index (χ0) is 15.4. The van der Waals surface area contributed by atoms with E-state index < -0.39 is 0 Å². The monoisotopic (exact) mass is 278 g/mol. The summed E-state index contributed by atoms with van der Waals surface area (Å²) in [5.41, 5.74) is 7.19. The lowest BCUT2D eigenvalue weighted by Crippen LogP contribution is -2.19. The van der Waals surface area contributed by atoms with E-state index >= 15 is 0 Å². The summed E-state index contributed by atoms with van der Waals surface area (Å²) < 4.78 is 0. The molecule has 21 heavy (non-hydrogen) atoms. The van der Waals surface area contributed by atoms with Crippen LogP contribution in [0.1, 0.15) is 46.3 Å². The molecule has 0 amide bonds. The van der Waals surface area contributed by atoms with Crippen LogP contribution in [0, 0.1) is 32.1 Å². The van der Waals surface area contributed by atoms with Crippen LogP contribution in [-0.4, -0.2) is 0 Å². The Morgan fingerprint density at radius 3 is 2.48 bits per heavy atom. The molecule has 0 aliphatic rings.